The van der Waals surface area contributed by atoms with Gasteiger partial charge < -0.3 is 10.1 Å². The van der Waals surface area contributed by atoms with Gasteiger partial charge in [-0.15, -0.1) is 12.4 Å². The third-order valence-electron chi connectivity index (χ3n) is 3.55. The Kier molecular flexibility index (Phi) is 7.66. The molecule has 1 heterocycles. The summed E-state index contributed by atoms with van der Waals surface area (Å²) in [5.74, 6) is 0.526. The summed E-state index contributed by atoms with van der Waals surface area (Å²) in [6.07, 6.45) is -2.51. The topological polar surface area (TPSA) is 24.5 Å². The van der Waals surface area contributed by atoms with Crippen LogP contribution >= 0.6 is 24.0 Å². The summed E-state index contributed by atoms with van der Waals surface area (Å²) in [7, 11) is 1.53. The molecule has 1 N–H and O–H groups in total. The fourth-order valence-corrected chi connectivity index (χ4v) is 2.74. The van der Waals surface area contributed by atoms with Crippen LogP contribution in [0.15, 0.2) is 18.2 Å². The van der Waals surface area contributed by atoms with Crippen LogP contribution in [0.1, 0.15) is 18.0 Å². The average Bonchev–Trinajstić information content (AvgIpc) is 2.46. The van der Waals surface area contributed by atoms with E-state index in [-0.39, 0.29) is 24.9 Å². The van der Waals surface area contributed by atoms with Crippen molar-refractivity contribution >= 4 is 24.0 Å². The summed E-state index contributed by atoms with van der Waals surface area (Å²) in [5, 5.41) is 3.72. The van der Waals surface area contributed by atoms with Gasteiger partial charge in [0.25, 0.3) is 0 Å². The van der Waals surface area contributed by atoms with Crippen LogP contribution in [-0.2, 0) is 0 Å². The molecular formula is C14H20Cl2F2N2O. The van der Waals surface area contributed by atoms with E-state index in [1.165, 1.54) is 7.11 Å². The van der Waals surface area contributed by atoms with Crippen molar-refractivity contribution in [2.45, 2.75) is 18.9 Å². The molecule has 0 saturated carbocycles. The molecule has 1 aliphatic rings. The molecule has 21 heavy (non-hydrogen) atoms. The first kappa shape index (κ1) is 18.4. The third kappa shape index (κ3) is 4.95. The second-order valence-electron chi connectivity index (χ2n) is 4.82. The van der Waals surface area contributed by atoms with Crippen molar-refractivity contribution in [3.05, 3.63) is 28.8 Å². The minimum Gasteiger partial charge on any atom is -0.495 e. The van der Waals surface area contributed by atoms with Crippen LogP contribution in [0, 0.1) is 0 Å². The molecule has 1 saturated heterocycles. The maximum absolute atomic E-state index is 12.9. The first-order valence-electron chi connectivity index (χ1n) is 6.68. The van der Waals surface area contributed by atoms with Gasteiger partial charge in [0.2, 0.25) is 6.43 Å². The molecule has 0 amide bonds. The number of hydrogen-bond donors (Lipinski definition) is 1. The van der Waals surface area contributed by atoms with Gasteiger partial charge in [-0.25, -0.2) is 8.78 Å². The van der Waals surface area contributed by atoms with E-state index in [0.29, 0.717) is 10.8 Å². The smallest absolute Gasteiger partial charge is 0.240 e. The molecule has 120 valence electrons. The van der Waals surface area contributed by atoms with E-state index in [1.54, 1.807) is 18.2 Å². The van der Waals surface area contributed by atoms with Crippen molar-refractivity contribution in [3.8, 4) is 5.75 Å². The fourth-order valence-electron chi connectivity index (χ4n) is 2.54. The molecule has 3 nitrogen and oxygen atoms in total. The Labute approximate surface area is 135 Å². The molecule has 0 aromatic heterocycles. The minimum atomic E-state index is -2.34. The van der Waals surface area contributed by atoms with E-state index >= 15 is 0 Å². The maximum atomic E-state index is 12.9. The number of halogens is 4. The lowest BCUT2D eigenvalue weighted by atomic mass is 10.0. The number of benzene rings is 1. The van der Waals surface area contributed by atoms with Crippen molar-refractivity contribution in [1.82, 2.24) is 10.2 Å². The highest BCUT2D eigenvalue weighted by atomic mass is 35.5. The van der Waals surface area contributed by atoms with Crippen LogP contribution in [0.3, 0.4) is 0 Å². The van der Waals surface area contributed by atoms with Gasteiger partial charge in [-0.3, -0.25) is 4.90 Å². The van der Waals surface area contributed by atoms with E-state index in [2.05, 4.69) is 10.2 Å². The molecule has 1 atom stereocenters. The van der Waals surface area contributed by atoms with Crippen LogP contribution in [0.25, 0.3) is 0 Å². The molecule has 0 radical (unpaired) electrons. The van der Waals surface area contributed by atoms with Gasteiger partial charge >= 0.3 is 0 Å². The van der Waals surface area contributed by atoms with Crippen LogP contribution in [0.2, 0.25) is 5.02 Å². The predicted molar refractivity (Wildman–Crippen MR) is 83.1 cm³/mol. The second kappa shape index (κ2) is 8.73. The normalized spacial score (nSPS) is 17.4. The predicted octanol–water partition coefficient (Wildman–Crippen LogP) is 3.37. The highest BCUT2D eigenvalue weighted by Crippen LogP contribution is 2.33. The molecule has 2 rings (SSSR count). The molecule has 1 aliphatic heterocycles. The SMILES string of the molecule is COc1cc([C@H](CC(F)F)N2CCNCC2)ccc1Cl.Cl. The van der Waals surface area contributed by atoms with E-state index < -0.39 is 6.43 Å². The third-order valence-corrected chi connectivity index (χ3v) is 3.87. The Balaban J connectivity index is 0.00000220. The number of nitrogens with zero attached hydrogens (tertiary/aromatic N) is 1. The Morgan fingerprint density at radius 3 is 2.57 bits per heavy atom. The lowest BCUT2D eigenvalue weighted by Crippen LogP contribution is -2.45. The van der Waals surface area contributed by atoms with Crippen LogP contribution in [0.4, 0.5) is 8.78 Å². The summed E-state index contributed by atoms with van der Waals surface area (Å²) in [6, 6.07) is 4.97. The molecular weight excluding hydrogens is 321 g/mol. The van der Waals surface area contributed by atoms with E-state index in [1.807, 2.05) is 0 Å². The summed E-state index contributed by atoms with van der Waals surface area (Å²) >= 11 is 6.00. The number of alkyl halides is 2. The van der Waals surface area contributed by atoms with Crippen molar-refractivity contribution in [2.75, 3.05) is 33.3 Å². The quantitative estimate of drug-likeness (QED) is 0.889. The van der Waals surface area contributed by atoms with Crippen molar-refractivity contribution in [2.24, 2.45) is 0 Å². The highest BCUT2D eigenvalue weighted by molar-refractivity contribution is 6.32. The van der Waals surface area contributed by atoms with Gasteiger partial charge in [0.1, 0.15) is 5.75 Å². The molecule has 1 aromatic carbocycles. The van der Waals surface area contributed by atoms with E-state index in [9.17, 15) is 8.78 Å². The van der Waals surface area contributed by atoms with Gasteiger partial charge in [-0.1, -0.05) is 17.7 Å². The molecule has 0 spiro atoms. The molecule has 0 bridgehead atoms. The fraction of sp³-hybridized carbons (Fsp3) is 0.571. The monoisotopic (exact) mass is 340 g/mol. The number of rotatable bonds is 5. The second-order valence-corrected chi connectivity index (χ2v) is 5.23. The zero-order chi connectivity index (χ0) is 14.5. The van der Waals surface area contributed by atoms with E-state index in [0.717, 1.165) is 31.7 Å². The Morgan fingerprint density at radius 2 is 2.00 bits per heavy atom. The molecule has 0 aliphatic carbocycles. The maximum Gasteiger partial charge on any atom is 0.240 e. The zero-order valence-corrected chi connectivity index (χ0v) is 13.4. The van der Waals surface area contributed by atoms with Gasteiger partial charge in [0, 0.05) is 38.6 Å². The van der Waals surface area contributed by atoms with Gasteiger partial charge in [0.15, 0.2) is 0 Å². The first-order chi connectivity index (χ1) is 9.61. The number of ether oxygens (including phenoxy) is 1. The zero-order valence-electron chi connectivity index (χ0n) is 11.8. The van der Waals surface area contributed by atoms with Crippen molar-refractivity contribution < 1.29 is 13.5 Å². The largest absolute Gasteiger partial charge is 0.495 e. The molecule has 1 aromatic rings. The Hall–Kier alpha value is -0.620. The van der Waals surface area contributed by atoms with Crippen LogP contribution in [-0.4, -0.2) is 44.6 Å². The number of hydrogen-bond acceptors (Lipinski definition) is 3. The summed E-state index contributed by atoms with van der Waals surface area (Å²) in [5.41, 5.74) is 0.827. The molecule has 1 fully saturated rings. The van der Waals surface area contributed by atoms with Gasteiger partial charge in [-0.2, -0.15) is 0 Å². The van der Waals surface area contributed by atoms with E-state index in [4.69, 9.17) is 16.3 Å². The number of nitrogens with one attached hydrogen (secondary N) is 1. The average molecular weight is 341 g/mol. The lowest BCUT2D eigenvalue weighted by molar-refractivity contribution is 0.0738. The number of methoxy groups -OCH3 is 1. The standard InChI is InChI=1S/C14H19ClF2N2O.ClH/c1-20-13-8-10(2-3-11(13)15)12(9-14(16)17)19-6-4-18-5-7-19;/h2-3,8,12,14,18H,4-7,9H2,1H3;1H/t12-;/m0./s1. The molecule has 7 heteroatoms. The minimum absolute atomic E-state index is 0. The molecule has 0 unspecified atom stereocenters. The summed E-state index contributed by atoms with van der Waals surface area (Å²) in [4.78, 5) is 2.09. The highest BCUT2D eigenvalue weighted by Gasteiger charge is 2.26. The van der Waals surface area contributed by atoms with Gasteiger partial charge in [-0.05, 0) is 17.7 Å². The Bertz CT molecular complexity index is 443. The van der Waals surface area contributed by atoms with Gasteiger partial charge in [0.05, 0.1) is 12.1 Å². The van der Waals surface area contributed by atoms with Crippen LogP contribution < -0.4 is 10.1 Å². The Morgan fingerprint density at radius 1 is 1.33 bits per heavy atom. The van der Waals surface area contributed by atoms with Crippen LogP contribution in [0.5, 0.6) is 5.75 Å². The lowest BCUT2D eigenvalue weighted by Gasteiger charge is -2.35. The summed E-state index contributed by atoms with van der Waals surface area (Å²) < 4.78 is 31.0. The number of piperazine rings is 1. The first-order valence-corrected chi connectivity index (χ1v) is 7.06. The summed E-state index contributed by atoms with van der Waals surface area (Å²) in [6.45, 7) is 3.18. The van der Waals surface area contributed by atoms with Crippen molar-refractivity contribution in [1.29, 1.82) is 0 Å². The van der Waals surface area contributed by atoms with Crippen molar-refractivity contribution in [3.63, 3.8) is 0 Å².